The van der Waals surface area contributed by atoms with Crippen LogP contribution in [0.25, 0.3) is 0 Å². The van der Waals surface area contributed by atoms with Gasteiger partial charge < -0.3 is 15.2 Å². The molecule has 2 aromatic rings. The van der Waals surface area contributed by atoms with E-state index in [2.05, 4.69) is 25.8 Å². The zero-order valence-electron chi connectivity index (χ0n) is 15.2. The van der Waals surface area contributed by atoms with Crippen LogP contribution in [0.2, 0.25) is 0 Å². The van der Waals surface area contributed by atoms with Gasteiger partial charge in [-0.2, -0.15) is 0 Å². The predicted molar refractivity (Wildman–Crippen MR) is 118 cm³/mol. The molecule has 0 bridgehead atoms. The molecule has 1 unspecified atom stereocenters. The molecule has 150 valence electrons. The highest BCUT2D eigenvalue weighted by Crippen LogP contribution is 2.12. The van der Waals surface area contributed by atoms with E-state index in [1.54, 1.807) is 17.7 Å². The zero-order chi connectivity index (χ0) is 18.4. The molecule has 0 aliphatic carbocycles. The molecule has 0 spiro atoms. The quantitative estimate of drug-likeness (QED) is 0.323. The molecule has 3 heterocycles. The monoisotopic (exact) mass is 524 g/mol. The lowest BCUT2D eigenvalue weighted by atomic mass is 10.3. The van der Waals surface area contributed by atoms with Gasteiger partial charge in [0, 0.05) is 30.4 Å². The molecular weight excluding hydrogens is 499 g/mol. The first-order valence-corrected chi connectivity index (χ1v) is 11.4. The lowest BCUT2D eigenvalue weighted by Gasteiger charge is -2.17. The minimum absolute atomic E-state index is 0. The van der Waals surface area contributed by atoms with E-state index in [1.807, 2.05) is 29.0 Å². The van der Waals surface area contributed by atoms with Gasteiger partial charge in [0.15, 0.2) is 15.8 Å². The minimum Gasteiger partial charge on any atom is -0.355 e. The Bertz CT molecular complexity index is 835. The Kier molecular flexibility index (Phi) is 8.48. The third kappa shape index (κ3) is 6.71. The molecule has 3 rings (SSSR count). The van der Waals surface area contributed by atoms with Gasteiger partial charge in [-0.25, -0.2) is 13.4 Å². The molecular formula is C16H25IN6O2S2. The van der Waals surface area contributed by atoms with Gasteiger partial charge in [-0.3, -0.25) is 0 Å². The molecule has 8 nitrogen and oxygen atoms in total. The number of thiophene rings is 1. The SMILES string of the molecule is CCc1nncn1CCNC(=NCc1cccs1)NC1CCS(=O)(=O)C1.I. The lowest BCUT2D eigenvalue weighted by molar-refractivity contribution is 0.597. The van der Waals surface area contributed by atoms with Crippen molar-refractivity contribution in [2.75, 3.05) is 18.1 Å². The molecule has 0 saturated carbocycles. The Morgan fingerprint density at radius 3 is 3.00 bits per heavy atom. The van der Waals surface area contributed by atoms with Gasteiger partial charge in [0.1, 0.15) is 12.2 Å². The average molecular weight is 524 g/mol. The summed E-state index contributed by atoms with van der Waals surface area (Å²) in [6, 6.07) is 3.95. The summed E-state index contributed by atoms with van der Waals surface area (Å²) in [4.78, 5) is 5.77. The number of nitrogens with one attached hydrogen (secondary N) is 2. The number of hydrogen-bond acceptors (Lipinski definition) is 6. The summed E-state index contributed by atoms with van der Waals surface area (Å²) in [5.41, 5.74) is 0. The van der Waals surface area contributed by atoms with E-state index in [4.69, 9.17) is 0 Å². The van der Waals surface area contributed by atoms with Gasteiger partial charge in [0.05, 0.1) is 18.1 Å². The van der Waals surface area contributed by atoms with Crippen LogP contribution in [-0.2, 0) is 29.3 Å². The average Bonchev–Trinajstić information content (AvgIpc) is 3.33. The summed E-state index contributed by atoms with van der Waals surface area (Å²) in [5, 5.41) is 16.6. The second-order valence-electron chi connectivity index (χ2n) is 6.21. The van der Waals surface area contributed by atoms with Crippen molar-refractivity contribution in [2.24, 2.45) is 4.99 Å². The first-order valence-electron chi connectivity index (χ1n) is 8.70. The summed E-state index contributed by atoms with van der Waals surface area (Å²) < 4.78 is 25.4. The third-order valence-corrected chi connectivity index (χ3v) is 6.83. The molecule has 2 N–H and O–H groups in total. The van der Waals surface area contributed by atoms with Crippen LogP contribution in [0.15, 0.2) is 28.8 Å². The fourth-order valence-electron chi connectivity index (χ4n) is 2.85. The van der Waals surface area contributed by atoms with E-state index < -0.39 is 9.84 Å². The number of guanidine groups is 1. The van der Waals surface area contributed by atoms with E-state index in [-0.39, 0.29) is 41.5 Å². The van der Waals surface area contributed by atoms with Crippen molar-refractivity contribution in [3.8, 4) is 0 Å². The first-order chi connectivity index (χ1) is 12.6. The summed E-state index contributed by atoms with van der Waals surface area (Å²) in [5.74, 6) is 1.99. The van der Waals surface area contributed by atoms with Gasteiger partial charge in [0.2, 0.25) is 0 Å². The maximum atomic E-state index is 11.7. The van der Waals surface area contributed by atoms with Crippen molar-refractivity contribution in [3.05, 3.63) is 34.5 Å². The van der Waals surface area contributed by atoms with Crippen LogP contribution in [0.4, 0.5) is 0 Å². The summed E-state index contributed by atoms with van der Waals surface area (Å²) in [6.45, 7) is 3.99. The summed E-state index contributed by atoms with van der Waals surface area (Å²) in [7, 11) is -2.93. The highest BCUT2D eigenvalue weighted by molar-refractivity contribution is 14.0. The molecule has 0 amide bonds. The zero-order valence-corrected chi connectivity index (χ0v) is 19.1. The second-order valence-corrected chi connectivity index (χ2v) is 9.47. The molecule has 0 radical (unpaired) electrons. The molecule has 1 aliphatic heterocycles. The van der Waals surface area contributed by atoms with Crippen LogP contribution in [0.5, 0.6) is 0 Å². The van der Waals surface area contributed by atoms with E-state index >= 15 is 0 Å². The lowest BCUT2D eigenvalue weighted by Crippen LogP contribution is -2.45. The molecule has 2 aromatic heterocycles. The molecule has 27 heavy (non-hydrogen) atoms. The van der Waals surface area contributed by atoms with Gasteiger partial charge in [-0.05, 0) is 17.9 Å². The van der Waals surface area contributed by atoms with Crippen LogP contribution in [0.1, 0.15) is 24.0 Å². The van der Waals surface area contributed by atoms with Crippen LogP contribution in [0, 0.1) is 0 Å². The van der Waals surface area contributed by atoms with Gasteiger partial charge in [-0.1, -0.05) is 13.0 Å². The van der Waals surface area contributed by atoms with Gasteiger partial charge in [0.25, 0.3) is 0 Å². The number of aromatic nitrogens is 3. The normalized spacial score (nSPS) is 18.9. The fraction of sp³-hybridized carbons (Fsp3) is 0.562. The second kappa shape index (κ2) is 10.4. The molecule has 1 fully saturated rings. The summed E-state index contributed by atoms with van der Waals surface area (Å²) in [6.07, 6.45) is 3.17. The van der Waals surface area contributed by atoms with Crippen molar-refractivity contribution >= 4 is 51.1 Å². The Morgan fingerprint density at radius 1 is 1.48 bits per heavy atom. The first kappa shape index (κ1) is 22.1. The van der Waals surface area contributed by atoms with Crippen LogP contribution in [0.3, 0.4) is 0 Å². The largest absolute Gasteiger partial charge is 0.355 e. The topological polar surface area (TPSA) is 101 Å². The number of nitrogens with zero attached hydrogens (tertiary/aromatic N) is 4. The maximum Gasteiger partial charge on any atom is 0.191 e. The highest BCUT2D eigenvalue weighted by atomic mass is 127. The Labute approximate surface area is 180 Å². The van der Waals surface area contributed by atoms with Crippen molar-refractivity contribution in [3.63, 3.8) is 0 Å². The Balaban J connectivity index is 0.00000261. The minimum atomic E-state index is -2.93. The van der Waals surface area contributed by atoms with E-state index in [0.717, 1.165) is 23.7 Å². The molecule has 1 aliphatic rings. The smallest absolute Gasteiger partial charge is 0.191 e. The standard InChI is InChI=1S/C16H24N6O2S2.HI/c1-2-15-21-19-12-22(15)7-6-17-16(18-10-14-4-3-8-25-14)20-13-5-9-26(23,24)11-13;/h3-4,8,12-13H,2,5-7,9-11H2,1H3,(H2,17,18,20);1H. The third-order valence-electron chi connectivity index (χ3n) is 4.20. The molecule has 1 atom stereocenters. The number of sulfone groups is 1. The molecule has 1 saturated heterocycles. The van der Waals surface area contributed by atoms with Gasteiger partial charge >= 0.3 is 0 Å². The number of halogens is 1. The molecule has 0 aromatic carbocycles. The van der Waals surface area contributed by atoms with Crippen LogP contribution in [-0.4, -0.2) is 53.2 Å². The number of hydrogen-bond donors (Lipinski definition) is 2. The van der Waals surface area contributed by atoms with Crippen molar-refractivity contribution < 1.29 is 8.42 Å². The summed E-state index contributed by atoms with van der Waals surface area (Å²) >= 11 is 1.66. The van der Waals surface area contributed by atoms with Crippen molar-refractivity contribution in [2.45, 2.75) is 38.9 Å². The number of aliphatic imine (C=N–C) groups is 1. The fourth-order valence-corrected chi connectivity index (χ4v) is 5.15. The van der Waals surface area contributed by atoms with Crippen molar-refractivity contribution in [1.82, 2.24) is 25.4 Å². The van der Waals surface area contributed by atoms with Gasteiger partial charge in [-0.15, -0.1) is 45.5 Å². The van der Waals surface area contributed by atoms with Crippen molar-refractivity contribution in [1.29, 1.82) is 0 Å². The predicted octanol–water partition coefficient (Wildman–Crippen LogP) is 1.44. The Morgan fingerprint density at radius 2 is 2.33 bits per heavy atom. The van der Waals surface area contributed by atoms with Crippen LogP contribution < -0.4 is 10.6 Å². The number of aryl methyl sites for hydroxylation is 1. The van der Waals surface area contributed by atoms with Crippen LogP contribution >= 0.6 is 35.3 Å². The van der Waals surface area contributed by atoms with E-state index in [9.17, 15) is 8.42 Å². The highest BCUT2D eigenvalue weighted by Gasteiger charge is 2.28. The maximum absolute atomic E-state index is 11.7. The Hall–Kier alpha value is -1.21. The number of rotatable bonds is 7. The van der Waals surface area contributed by atoms with E-state index in [1.165, 1.54) is 0 Å². The molecule has 11 heteroatoms. The van der Waals surface area contributed by atoms with E-state index in [0.29, 0.717) is 25.5 Å².